The number of nitrogens with one attached hydrogen (secondary N) is 1. The van der Waals surface area contributed by atoms with Crippen LogP contribution >= 0.6 is 15.9 Å². The maximum absolute atomic E-state index is 13.4. The third-order valence-corrected chi connectivity index (χ3v) is 5.98. The molecule has 0 radical (unpaired) electrons. The standard InChI is InChI=1S/C29H33BrN2O4/c1-29(2,3)36-28(34)32(19-22-10-14-24(15-11-22)23-8-6-5-7-9-23)26(27(33)31-20-35-4)18-21-12-16-25(30)17-13-21/h5-17,26H,18-20H2,1-4H3,(H,31,33). The molecule has 36 heavy (non-hydrogen) atoms. The second-order valence-electron chi connectivity index (χ2n) is 9.49. The lowest BCUT2D eigenvalue weighted by molar-refractivity contribution is -0.128. The second-order valence-corrected chi connectivity index (χ2v) is 10.4. The highest BCUT2D eigenvalue weighted by atomic mass is 79.9. The van der Waals surface area contributed by atoms with Gasteiger partial charge in [0.15, 0.2) is 0 Å². The van der Waals surface area contributed by atoms with Crippen LogP contribution in [0.25, 0.3) is 11.1 Å². The molecule has 1 N–H and O–H groups in total. The van der Waals surface area contributed by atoms with Crippen molar-refractivity contribution in [2.75, 3.05) is 13.8 Å². The molecule has 0 spiro atoms. The highest BCUT2D eigenvalue weighted by Gasteiger charge is 2.33. The maximum atomic E-state index is 13.4. The molecule has 0 aliphatic carbocycles. The van der Waals surface area contributed by atoms with Crippen molar-refractivity contribution in [1.29, 1.82) is 0 Å². The zero-order chi connectivity index (χ0) is 26.1. The fourth-order valence-electron chi connectivity index (χ4n) is 3.70. The summed E-state index contributed by atoms with van der Waals surface area (Å²) in [5, 5.41) is 2.76. The molecule has 6 nitrogen and oxygen atoms in total. The summed E-state index contributed by atoms with van der Waals surface area (Å²) in [4.78, 5) is 28.2. The minimum atomic E-state index is -0.801. The zero-order valence-corrected chi connectivity index (χ0v) is 22.7. The summed E-state index contributed by atoms with van der Waals surface area (Å²) in [7, 11) is 1.50. The van der Waals surface area contributed by atoms with E-state index in [-0.39, 0.29) is 19.2 Å². The Hall–Kier alpha value is -3.16. The number of amides is 2. The molecule has 0 bridgehead atoms. The van der Waals surface area contributed by atoms with E-state index >= 15 is 0 Å². The lowest BCUT2D eigenvalue weighted by Gasteiger charge is -2.33. The lowest BCUT2D eigenvalue weighted by Crippen LogP contribution is -2.52. The fraction of sp³-hybridized carbons (Fsp3) is 0.310. The van der Waals surface area contributed by atoms with Gasteiger partial charge in [-0.25, -0.2) is 4.79 Å². The molecule has 1 atom stereocenters. The van der Waals surface area contributed by atoms with Gasteiger partial charge in [-0.3, -0.25) is 9.69 Å². The molecule has 0 heterocycles. The molecule has 2 amide bonds. The quantitative estimate of drug-likeness (QED) is 0.321. The number of benzene rings is 3. The van der Waals surface area contributed by atoms with Crippen molar-refractivity contribution >= 4 is 27.9 Å². The Bertz CT molecular complexity index is 1130. The molecule has 1 unspecified atom stereocenters. The number of methoxy groups -OCH3 is 1. The van der Waals surface area contributed by atoms with Crippen molar-refractivity contribution in [1.82, 2.24) is 10.2 Å². The molecule has 0 aliphatic rings. The highest BCUT2D eigenvalue weighted by molar-refractivity contribution is 9.10. The van der Waals surface area contributed by atoms with Crippen LogP contribution in [0.15, 0.2) is 83.3 Å². The zero-order valence-electron chi connectivity index (χ0n) is 21.2. The number of hydrogen-bond acceptors (Lipinski definition) is 4. The Morgan fingerprint density at radius 2 is 1.47 bits per heavy atom. The normalized spacial score (nSPS) is 12.0. The van der Waals surface area contributed by atoms with Gasteiger partial charge in [0.25, 0.3) is 0 Å². The van der Waals surface area contributed by atoms with Gasteiger partial charge in [0.2, 0.25) is 5.91 Å². The molecular weight excluding hydrogens is 520 g/mol. The number of halogens is 1. The summed E-state index contributed by atoms with van der Waals surface area (Å²) >= 11 is 3.45. The summed E-state index contributed by atoms with van der Waals surface area (Å²) < 4.78 is 11.7. The first-order valence-electron chi connectivity index (χ1n) is 11.8. The van der Waals surface area contributed by atoms with Crippen molar-refractivity contribution < 1.29 is 19.1 Å². The first-order valence-corrected chi connectivity index (χ1v) is 12.6. The number of carbonyl (C=O) groups excluding carboxylic acids is 2. The van der Waals surface area contributed by atoms with E-state index in [1.807, 2.05) is 87.5 Å². The van der Waals surface area contributed by atoms with E-state index in [9.17, 15) is 9.59 Å². The first kappa shape index (κ1) is 27.4. The molecule has 0 aliphatic heterocycles. The molecule has 190 valence electrons. The molecule has 7 heteroatoms. The van der Waals surface area contributed by atoms with Crippen molar-refractivity contribution in [3.05, 3.63) is 94.5 Å². The predicted molar refractivity (Wildman–Crippen MR) is 145 cm³/mol. The van der Waals surface area contributed by atoms with Crippen molar-refractivity contribution in [2.45, 2.75) is 45.4 Å². The summed E-state index contributed by atoms with van der Waals surface area (Å²) in [6, 6.07) is 25.0. The topological polar surface area (TPSA) is 67.9 Å². The molecule has 3 rings (SSSR count). The number of carbonyl (C=O) groups is 2. The molecule has 0 saturated heterocycles. The van der Waals surface area contributed by atoms with Gasteiger partial charge in [-0.15, -0.1) is 0 Å². The summed E-state index contributed by atoms with van der Waals surface area (Å²) in [5.41, 5.74) is 3.29. The largest absolute Gasteiger partial charge is 0.444 e. The number of hydrogen-bond donors (Lipinski definition) is 1. The smallest absolute Gasteiger partial charge is 0.411 e. The Labute approximate surface area is 221 Å². The van der Waals surface area contributed by atoms with E-state index in [1.54, 1.807) is 0 Å². The van der Waals surface area contributed by atoms with Crippen LogP contribution in [-0.4, -0.2) is 42.4 Å². The first-order chi connectivity index (χ1) is 17.2. The van der Waals surface area contributed by atoms with Crippen molar-refractivity contribution in [3.8, 4) is 11.1 Å². The molecule has 0 fully saturated rings. The predicted octanol–water partition coefficient (Wildman–Crippen LogP) is 6.18. The van der Waals surface area contributed by atoms with E-state index in [0.717, 1.165) is 26.7 Å². The van der Waals surface area contributed by atoms with Gasteiger partial charge >= 0.3 is 6.09 Å². The monoisotopic (exact) mass is 552 g/mol. The van der Waals surface area contributed by atoms with E-state index in [0.29, 0.717) is 6.42 Å². The Morgan fingerprint density at radius 1 is 0.889 bits per heavy atom. The van der Waals surface area contributed by atoms with Gasteiger partial charge in [-0.1, -0.05) is 82.7 Å². The fourth-order valence-corrected chi connectivity index (χ4v) is 3.97. The van der Waals surface area contributed by atoms with E-state index in [1.165, 1.54) is 12.0 Å². The molecule has 3 aromatic carbocycles. The Morgan fingerprint density at radius 3 is 2.06 bits per heavy atom. The third-order valence-electron chi connectivity index (χ3n) is 5.45. The molecule has 3 aromatic rings. The van der Waals surface area contributed by atoms with Gasteiger partial charge in [-0.2, -0.15) is 0 Å². The van der Waals surface area contributed by atoms with Crippen LogP contribution < -0.4 is 5.32 Å². The summed E-state index contributed by atoms with van der Waals surface area (Å²) in [6.07, 6.45) is -0.228. The van der Waals surface area contributed by atoms with Crippen LogP contribution in [0.5, 0.6) is 0 Å². The van der Waals surface area contributed by atoms with Gasteiger partial charge < -0.3 is 14.8 Å². The minimum absolute atomic E-state index is 0.0452. The Kier molecular flexibility index (Phi) is 9.67. The SMILES string of the molecule is COCNC(=O)C(Cc1ccc(Br)cc1)N(Cc1ccc(-c2ccccc2)cc1)C(=O)OC(C)(C)C. The summed E-state index contributed by atoms with van der Waals surface area (Å²) in [6.45, 7) is 5.69. The highest BCUT2D eigenvalue weighted by Crippen LogP contribution is 2.23. The van der Waals surface area contributed by atoms with Crippen LogP contribution in [0.2, 0.25) is 0 Å². The van der Waals surface area contributed by atoms with Crippen LogP contribution in [0.4, 0.5) is 4.79 Å². The van der Waals surface area contributed by atoms with Crippen LogP contribution in [-0.2, 0) is 27.2 Å². The molecular formula is C29H33BrN2O4. The van der Waals surface area contributed by atoms with Gasteiger partial charge in [0, 0.05) is 24.5 Å². The molecule has 0 saturated carbocycles. The van der Waals surface area contributed by atoms with Crippen LogP contribution in [0, 0.1) is 0 Å². The average molecular weight is 553 g/mol. The van der Waals surface area contributed by atoms with E-state index in [4.69, 9.17) is 9.47 Å². The average Bonchev–Trinajstić information content (AvgIpc) is 2.85. The van der Waals surface area contributed by atoms with Gasteiger partial charge in [0.1, 0.15) is 18.4 Å². The van der Waals surface area contributed by atoms with Crippen molar-refractivity contribution in [2.24, 2.45) is 0 Å². The van der Waals surface area contributed by atoms with E-state index < -0.39 is 17.7 Å². The van der Waals surface area contributed by atoms with Crippen LogP contribution in [0.1, 0.15) is 31.9 Å². The lowest BCUT2D eigenvalue weighted by atomic mass is 10.0. The maximum Gasteiger partial charge on any atom is 0.411 e. The molecule has 0 aromatic heterocycles. The van der Waals surface area contributed by atoms with Gasteiger partial charge in [0.05, 0.1) is 0 Å². The number of rotatable bonds is 9. The third kappa shape index (κ3) is 8.21. The van der Waals surface area contributed by atoms with Crippen LogP contribution in [0.3, 0.4) is 0 Å². The minimum Gasteiger partial charge on any atom is -0.444 e. The number of ether oxygens (including phenoxy) is 2. The number of nitrogens with zero attached hydrogens (tertiary/aromatic N) is 1. The Balaban J connectivity index is 1.93. The summed E-state index contributed by atoms with van der Waals surface area (Å²) in [5.74, 6) is -0.313. The van der Waals surface area contributed by atoms with Crippen molar-refractivity contribution in [3.63, 3.8) is 0 Å². The van der Waals surface area contributed by atoms with Gasteiger partial charge in [-0.05, 0) is 55.2 Å². The second kappa shape index (κ2) is 12.7. The van der Waals surface area contributed by atoms with E-state index in [2.05, 4.69) is 33.4 Å².